The summed E-state index contributed by atoms with van der Waals surface area (Å²) in [4.78, 5) is 46.2. The highest BCUT2D eigenvalue weighted by Crippen LogP contribution is 2.26. The van der Waals surface area contributed by atoms with Crippen LogP contribution in [0.5, 0.6) is 0 Å². The van der Waals surface area contributed by atoms with Crippen molar-refractivity contribution in [3.63, 3.8) is 0 Å². The number of rotatable bonds is 10. The zero-order valence-electron chi connectivity index (χ0n) is 17.0. The van der Waals surface area contributed by atoms with Gasteiger partial charge >= 0.3 is 5.69 Å². The molecule has 2 aromatic heterocycles. The van der Waals surface area contributed by atoms with Crippen molar-refractivity contribution in [1.29, 1.82) is 0 Å². The van der Waals surface area contributed by atoms with E-state index in [1.165, 1.54) is 11.6 Å². The number of nitrogens with zero attached hydrogens (tertiary/aromatic N) is 4. The predicted octanol–water partition coefficient (Wildman–Crippen LogP) is 1.99. The number of hydrogen-bond acceptors (Lipinski definition) is 6. The molecule has 0 fully saturated rings. The lowest BCUT2D eigenvalue weighted by atomic mass is 10.1. The number of amides is 1. The van der Waals surface area contributed by atoms with Crippen LogP contribution in [0, 0.1) is 0 Å². The smallest absolute Gasteiger partial charge is 0.332 e. The highest BCUT2D eigenvalue weighted by molar-refractivity contribution is 8.00. The Kier molecular flexibility index (Phi) is 7.79. The summed E-state index contributed by atoms with van der Waals surface area (Å²) in [5.41, 5.74) is 4.90. The van der Waals surface area contributed by atoms with Gasteiger partial charge in [0, 0.05) is 20.0 Å². The first-order valence-corrected chi connectivity index (χ1v) is 10.7. The molecule has 2 heterocycles. The largest absolute Gasteiger partial charge is 0.369 e. The molecule has 0 aliphatic rings. The van der Waals surface area contributed by atoms with E-state index >= 15 is 0 Å². The third-order valence-electron chi connectivity index (χ3n) is 4.59. The molecule has 0 bridgehead atoms. The fourth-order valence-corrected chi connectivity index (χ4v) is 3.84. The van der Waals surface area contributed by atoms with E-state index in [9.17, 15) is 14.4 Å². The summed E-state index contributed by atoms with van der Waals surface area (Å²) in [6.45, 7) is 6.23. The second-order valence-corrected chi connectivity index (χ2v) is 8.24. The van der Waals surface area contributed by atoms with Crippen LogP contribution in [0.2, 0.25) is 0 Å². The predicted molar refractivity (Wildman–Crippen MR) is 112 cm³/mol. The SMILES string of the molecule is CCCCCCc1nc(S[C@@H](C)C(N)=O)c2c(=O)n(C)c(=O)n(CCC)c2n1. The monoisotopic (exact) mass is 407 g/mol. The van der Waals surface area contributed by atoms with Crippen molar-refractivity contribution < 1.29 is 4.79 Å². The molecular formula is C19H29N5O3S. The van der Waals surface area contributed by atoms with Gasteiger partial charge in [0.1, 0.15) is 16.2 Å². The summed E-state index contributed by atoms with van der Waals surface area (Å²) in [6.07, 6.45) is 5.64. The van der Waals surface area contributed by atoms with Crippen molar-refractivity contribution in [2.45, 2.75) is 76.1 Å². The molecule has 0 spiro atoms. The number of carbonyl (C=O) groups excluding carboxylic acids is 1. The lowest BCUT2D eigenvalue weighted by molar-refractivity contribution is -0.117. The van der Waals surface area contributed by atoms with Crippen LogP contribution in [0.1, 0.15) is 58.7 Å². The van der Waals surface area contributed by atoms with Crippen LogP contribution in [0.25, 0.3) is 11.0 Å². The number of carbonyl (C=O) groups is 1. The third kappa shape index (κ3) is 4.81. The van der Waals surface area contributed by atoms with E-state index in [1.54, 1.807) is 6.92 Å². The van der Waals surface area contributed by atoms with Gasteiger partial charge in [-0.15, -0.1) is 0 Å². The number of fused-ring (bicyclic) bond motifs is 1. The first-order chi connectivity index (χ1) is 13.3. The molecule has 8 nitrogen and oxygen atoms in total. The minimum atomic E-state index is -0.553. The molecule has 0 saturated heterocycles. The first kappa shape index (κ1) is 22.1. The van der Waals surface area contributed by atoms with E-state index in [1.807, 2.05) is 6.92 Å². The molecule has 2 N–H and O–H groups in total. The zero-order valence-corrected chi connectivity index (χ0v) is 17.8. The normalized spacial score (nSPS) is 12.4. The molecule has 0 aliphatic carbocycles. The molecular weight excluding hydrogens is 378 g/mol. The number of aromatic nitrogens is 4. The molecule has 0 aromatic carbocycles. The fourth-order valence-electron chi connectivity index (χ4n) is 2.94. The zero-order chi connectivity index (χ0) is 20.8. The van der Waals surface area contributed by atoms with Gasteiger partial charge in [-0.05, 0) is 19.8 Å². The Morgan fingerprint density at radius 2 is 1.86 bits per heavy atom. The van der Waals surface area contributed by atoms with Crippen LogP contribution in [-0.2, 0) is 24.8 Å². The highest BCUT2D eigenvalue weighted by Gasteiger charge is 2.21. The molecule has 0 radical (unpaired) electrons. The second kappa shape index (κ2) is 9.86. The Bertz CT molecular complexity index is 967. The van der Waals surface area contributed by atoms with Crippen molar-refractivity contribution in [2.75, 3.05) is 0 Å². The van der Waals surface area contributed by atoms with E-state index in [4.69, 9.17) is 5.73 Å². The van der Waals surface area contributed by atoms with Crippen LogP contribution in [-0.4, -0.2) is 30.3 Å². The quantitative estimate of drug-likeness (QED) is 0.366. The molecule has 0 aliphatic heterocycles. The minimum Gasteiger partial charge on any atom is -0.369 e. The number of primary amides is 1. The second-order valence-electron chi connectivity index (χ2n) is 6.92. The molecule has 0 saturated carbocycles. The molecule has 1 amide bonds. The Hall–Kier alpha value is -2.16. The van der Waals surface area contributed by atoms with Gasteiger partial charge in [0.15, 0.2) is 5.65 Å². The van der Waals surface area contributed by atoms with Gasteiger partial charge in [0.25, 0.3) is 5.56 Å². The summed E-state index contributed by atoms with van der Waals surface area (Å²) < 4.78 is 2.59. The van der Waals surface area contributed by atoms with E-state index < -0.39 is 22.4 Å². The lowest BCUT2D eigenvalue weighted by Gasteiger charge is -2.15. The summed E-state index contributed by atoms with van der Waals surface area (Å²) in [5.74, 6) is 0.0974. The maximum Gasteiger partial charge on any atom is 0.332 e. The maximum atomic E-state index is 12.8. The van der Waals surface area contributed by atoms with Crippen LogP contribution in [0.15, 0.2) is 14.6 Å². The molecule has 1 atom stereocenters. The summed E-state index contributed by atoms with van der Waals surface area (Å²) >= 11 is 1.14. The standard InChI is InChI=1S/C19H29N5O3S/c1-5-7-8-9-10-13-21-16-14(17(22-13)28-12(3)15(20)25)18(26)23(4)19(27)24(16)11-6-2/h12H,5-11H2,1-4H3,(H2,20,25)/t12-/m0/s1. The van der Waals surface area contributed by atoms with Gasteiger partial charge in [-0.1, -0.05) is 44.9 Å². The van der Waals surface area contributed by atoms with Crippen LogP contribution < -0.4 is 17.0 Å². The molecule has 28 heavy (non-hydrogen) atoms. The van der Waals surface area contributed by atoms with Crippen LogP contribution in [0.3, 0.4) is 0 Å². The van der Waals surface area contributed by atoms with Crippen LogP contribution in [0.4, 0.5) is 0 Å². The van der Waals surface area contributed by atoms with E-state index in [2.05, 4.69) is 16.9 Å². The Labute approximate surface area is 168 Å². The molecule has 154 valence electrons. The van der Waals surface area contributed by atoms with Gasteiger partial charge in [-0.25, -0.2) is 14.8 Å². The van der Waals surface area contributed by atoms with E-state index in [0.717, 1.165) is 48.4 Å². The highest BCUT2D eigenvalue weighted by atomic mass is 32.2. The topological polar surface area (TPSA) is 113 Å². The summed E-state index contributed by atoms with van der Waals surface area (Å²) in [7, 11) is 1.45. The summed E-state index contributed by atoms with van der Waals surface area (Å²) in [6, 6.07) is 0. The first-order valence-electron chi connectivity index (χ1n) is 9.78. The third-order valence-corrected chi connectivity index (χ3v) is 5.69. The minimum absolute atomic E-state index is 0.269. The van der Waals surface area contributed by atoms with Gasteiger partial charge in [0.2, 0.25) is 5.91 Å². The maximum absolute atomic E-state index is 12.8. The number of thioether (sulfide) groups is 1. The van der Waals surface area contributed by atoms with Gasteiger partial charge in [-0.3, -0.25) is 18.7 Å². The summed E-state index contributed by atoms with van der Waals surface area (Å²) in [5, 5.41) is 0.125. The van der Waals surface area contributed by atoms with Gasteiger partial charge in [-0.2, -0.15) is 0 Å². The van der Waals surface area contributed by atoms with Crippen LogP contribution >= 0.6 is 11.8 Å². The molecule has 9 heteroatoms. The van der Waals surface area contributed by atoms with Crippen molar-refractivity contribution in [3.05, 3.63) is 26.7 Å². The molecule has 0 unspecified atom stereocenters. The number of aryl methyl sites for hydroxylation is 2. The van der Waals surface area contributed by atoms with E-state index in [-0.39, 0.29) is 5.39 Å². The van der Waals surface area contributed by atoms with Crippen molar-refractivity contribution in [2.24, 2.45) is 12.8 Å². The van der Waals surface area contributed by atoms with Crippen molar-refractivity contribution in [3.8, 4) is 0 Å². The van der Waals surface area contributed by atoms with Crippen molar-refractivity contribution in [1.82, 2.24) is 19.1 Å². The molecule has 2 rings (SSSR count). The Morgan fingerprint density at radius 3 is 2.46 bits per heavy atom. The van der Waals surface area contributed by atoms with Gasteiger partial charge < -0.3 is 5.73 Å². The average molecular weight is 408 g/mol. The average Bonchev–Trinajstić information content (AvgIpc) is 2.66. The number of nitrogens with two attached hydrogens (primary N) is 1. The fraction of sp³-hybridized carbons (Fsp3) is 0.632. The Morgan fingerprint density at radius 1 is 1.14 bits per heavy atom. The Balaban J connectivity index is 2.69. The van der Waals surface area contributed by atoms with Crippen molar-refractivity contribution >= 4 is 28.7 Å². The van der Waals surface area contributed by atoms with E-state index in [0.29, 0.717) is 29.5 Å². The van der Waals surface area contributed by atoms with Gasteiger partial charge in [0.05, 0.1) is 5.25 Å². The number of unbranched alkanes of at least 4 members (excludes halogenated alkanes) is 3. The number of hydrogen-bond donors (Lipinski definition) is 1. The molecule has 2 aromatic rings. The lowest BCUT2D eigenvalue weighted by Crippen LogP contribution is -2.39.